The van der Waals surface area contributed by atoms with E-state index < -0.39 is 0 Å². The van der Waals surface area contributed by atoms with Gasteiger partial charge in [0.25, 0.3) is 0 Å². The quantitative estimate of drug-likeness (QED) is 0.209. The first kappa shape index (κ1) is 26.6. The fourth-order valence-corrected chi connectivity index (χ4v) is 6.63. The largest absolute Gasteiger partial charge is 0.506 e. The Morgan fingerprint density at radius 2 is 1.97 bits per heavy atom. The number of esters is 1. The topological polar surface area (TPSA) is 63.9 Å². The van der Waals surface area contributed by atoms with Gasteiger partial charge in [-0.25, -0.2) is 4.79 Å². The van der Waals surface area contributed by atoms with Crippen LogP contribution in [0.25, 0.3) is 10.9 Å². The van der Waals surface area contributed by atoms with Gasteiger partial charge < -0.3 is 19.1 Å². The molecule has 37 heavy (non-hydrogen) atoms. The maximum Gasteiger partial charge on any atom is 0.340 e. The molecule has 0 atom stereocenters. The van der Waals surface area contributed by atoms with Crippen LogP contribution in [-0.4, -0.2) is 59.2 Å². The Hall–Kier alpha value is -2.00. The van der Waals surface area contributed by atoms with Crippen molar-refractivity contribution >= 4 is 44.6 Å². The highest BCUT2D eigenvalue weighted by Crippen LogP contribution is 2.47. The number of aryl methyl sites for hydroxylation is 1. The number of morpholine rings is 1. The summed E-state index contributed by atoms with van der Waals surface area (Å²) in [7, 11) is 0. The molecule has 198 valence electrons. The van der Waals surface area contributed by atoms with Gasteiger partial charge in [-0.3, -0.25) is 4.90 Å². The summed E-state index contributed by atoms with van der Waals surface area (Å²) in [5.41, 5.74) is 4.82. The molecule has 1 saturated carbocycles. The molecule has 0 spiro atoms. The number of halogens is 1. The highest BCUT2D eigenvalue weighted by Gasteiger charge is 2.34. The number of aromatic nitrogens is 1. The normalized spacial score (nSPS) is 16.4. The number of carbonyl (C=O) groups is 1. The fraction of sp³-hybridized carbons (Fsp3) is 0.483. The predicted octanol–water partition coefficient (Wildman–Crippen LogP) is 6.32. The molecule has 0 amide bonds. The lowest BCUT2D eigenvalue weighted by Gasteiger charge is -2.27. The van der Waals surface area contributed by atoms with Crippen molar-refractivity contribution in [2.24, 2.45) is 0 Å². The van der Waals surface area contributed by atoms with Crippen LogP contribution in [-0.2, 0) is 28.2 Å². The summed E-state index contributed by atoms with van der Waals surface area (Å²) in [6.45, 7) is 5.69. The van der Waals surface area contributed by atoms with Crippen LogP contribution < -0.4 is 0 Å². The number of hydrogen-bond acceptors (Lipinski definition) is 6. The van der Waals surface area contributed by atoms with Gasteiger partial charge in [0.15, 0.2) is 0 Å². The van der Waals surface area contributed by atoms with Crippen molar-refractivity contribution in [2.75, 3.05) is 38.7 Å². The number of benzene rings is 2. The summed E-state index contributed by atoms with van der Waals surface area (Å²) in [4.78, 5) is 15.8. The zero-order chi connectivity index (χ0) is 25.8. The van der Waals surface area contributed by atoms with Gasteiger partial charge in [0.05, 0.1) is 35.4 Å². The third-order valence-corrected chi connectivity index (χ3v) is 8.79. The number of thioether (sulfide) groups is 1. The van der Waals surface area contributed by atoms with Crippen LogP contribution in [0.3, 0.4) is 0 Å². The van der Waals surface area contributed by atoms with E-state index in [2.05, 4.69) is 55.7 Å². The molecule has 0 bridgehead atoms. The van der Waals surface area contributed by atoms with Crippen molar-refractivity contribution in [2.45, 2.75) is 50.9 Å². The zero-order valence-electron chi connectivity index (χ0n) is 21.4. The molecule has 5 rings (SSSR count). The molecule has 1 aliphatic carbocycles. The summed E-state index contributed by atoms with van der Waals surface area (Å²) in [5, 5.41) is 12.0. The predicted molar refractivity (Wildman–Crippen MR) is 153 cm³/mol. The second-order valence-electron chi connectivity index (χ2n) is 9.75. The van der Waals surface area contributed by atoms with Gasteiger partial charge in [-0.15, -0.1) is 0 Å². The van der Waals surface area contributed by atoms with Crippen LogP contribution in [0.4, 0.5) is 0 Å². The van der Waals surface area contributed by atoms with Crippen LogP contribution in [0, 0.1) is 0 Å². The second kappa shape index (κ2) is 12.2. The van der Waals surface area contributed by atoms with Gasteiger partial charge >= 0.3 is 5.97 Å². The minimum atomic E-state index is -0.295. The molecule has 1 N–H and O–H groups in total. The molecule has 1 aromatic heterocycles. The first-order valence-electron chi connectivity index (χ1n) is 13.2. The van der Waals surface area contributed by atoms with Gasteiger partial charge in [0.2, 0.25) is 0 Å². The van der Waals surface area contributed by atoms with Gasteiger partial charge in [-0.05, 0) is 65.9 Å². The van der Waals surface area contributed by atoms with Crippen molar-refractivity contribution in [3.05, 3.63) is 63.3 Å². The molecule has 1 saturated heterocycles. The van der Waals surface area contributed by atoms with E-state index in [-0.39, 0.29) is 11.7 Å². The Labute approximate surface area is 231 Å². The average Bonchev–Trinajstić information content (AvgIpc) is 3.70. The fourth-order valence-electron chi connectivity index (χ4n) is 5.20. The van der Waals surface area contributed by atoms with Crippen molar-refractivity contribution in [1.29, 1.82) is 0 Å². The maximum absolute atomic E-state index is 13.5. The molecular weight excluding hydrogens is 552 g/mol. The average molecular weight is 588 g/mol. The van der Waals surface area contributed by atoms with Crippen molar-refractivity contribution in [3.63, 3.8) is 0 Å². The van der Waals surface area contributed by atoms with Crippen LogP contribution in [0.5, 0.6) is 5.75 Å². The molecular formula is C29H35BrN2O4S. The Balaban J connectivity index is 1.50. The van der Waals surface area contributed by atoms with E-state index >= 15 is 0 Å². The molecule has 2 aliphatic rings. The van der Waals surface area contributed by atoms with Crippen molar-refractivity contribution in [3.8, 4) is 5.75 Å². The van der Waals surface area contributed by atoms with E-state index in [0.717, 1.165) is 72.4 Å². The molecule has 2 aromatic carbocycles. The lowest BCUT2D eigenvalue weighted by molar-refractivity contribution is 0.0340. The van der Waals surface area contributed by atoms with Crippen LogP contribution >= 0.6 is 27.7 Å². The molecule has 1 aliphatic heterocycles. The number of hydrogen-bond donors (Lipinski definition) is 1. The van der Waals surface area contributed by atoms with Crippen LogP contribution in [0.15, 0.2) is 40.9 Å². The van der Waals surface area contributed by atoms with Crippen molar-refractivity contribution < 1.29 is 19.4 Å². The van der Waals surface area contributed by atoms with E-state index in [0.29, 0.717) is 42.4 Å². The number of aromatic hydroxyl groups is 1. The summed E-state index contributed by atoms with van der Waals surface area (Å²) < 4.78 is 14.2. The summed E-state index contributed by atoms with van der Waals surface area (Å²) in [6.07, 6.45) is 4.35. The zero-order valence-corrected chi connectivity index (χ0v) is 23.8. The Morgan fingerprint density at radius 3 is 2.68 bits per heavy atom. The van der Waals surface area contributed by atoms with E-state index in [9.17, 15) is 9.90 Å². The summed E-state index contributed by atoms with van der Waals surface area (Å²) >= 11 is 5.47. The first-order chi connectivity index (χ1) is 18.1. The van der Waals surface area contributed by atoms with E-state index in [1.165, 1.54) is 5.56 Å². The number of phenols is 1. The van der Waals surface area contributed by atoms with Crippen LogP contribution in [0.2, 0.25) is 0 Å². The Morgan fingerprint density at radius 1 is 1.22 bits per heavy atom. The van der Waals surface area contributed by atoms with Gasteiger partial charge in [-0.2, -0.15) is 11.8 Å². The SMILES string of the molecule is CCOC(=O)c1c(CSCCCc2ccccc2)n(C2CC2)c2cc(Br)c(O)c(CN3CCOCC3)c12. The molecule has 3 aromatic rings. The molecule has 0 radical (unpaired) electrons. The summed E-state index contributed by atoms with van der Waals surface area (Å²) in [5.74, 6) is 1.67. The molecule has 6 nitrogen and oxygen atoms in total. The Kier molecular flexibility index (Phi) is 8.80. The molecule has 2 heterocycles. The number of fused-ring (bicyclic) bond motifs is 1. The third-order valence-electron chi connectivity index (χ3n) is 7.14. The maximum atomic E-state index is 13.5. The highest BCUT2D eigenvalue weighted by molar-refractivity contribution is 9.10. The second-order valence-corrected chi connectivity index (χ2v) is 11.7. The molecule has 2 fully saturated rings. The number of carbonyl (C=O) groups excluding carboxylic acids is 1. The highest BCUT2D eigenvalue weighted by atomic mass is 79.9. The van der Waals surface area contributed by atoms with E-state index in [1.807, 2.05) is 24.8 Å². The van der Waals surface area contributed by atoms with Gasteiger partial charge in [-0.1, -0.05) is 30.3 Å². The number of nitrogens with zero attached hydrogens (tertiary/aromatic N) is 2. The minimum Gasteiger partial charge on any atom is -0.506 e. The van der Waals surface area contributed by atoms with Crippen LogP contribution in [0.1, 0.15) is 59.4 Å². The van der Waals surface area contributed by atoms with E-state index in [4.69, 9.17) is 9.47 Å². The van der Waals surface area contributed by atoms with E-state index in [1.54, 1.807) is 0 Å². The molecule has 0 unspecified atom stereocenters. The Bertz CT molecular complexity index is 1240. The van der Waals surface area contributed by atoms with Gasteiger partial charge in [0, 0.05) is 48.1 Å². The lowest BCUT2D eigenvalue weighted by Crippen LogP contribution is -2.35. The third kappa shape index (κ3) is 6.03. The number of rotatable bonds is 11. The number of ether oxygens (including phenoxy) is 2. The minimum absolute atomic E-state index is 0.208. The lowest BCUT2D eigenvalue weighted by atomic mass is 10.0. The monoisotopic (exact) mass is 586 g/mol. The summed E-state index contributed by atoms with van der Waals surface area (Å²) in [6, 6.07) is 12.9. The first-order valence-corrected chi connectivity index (χ1v) is 15.2. The van der Waals surface area contributed by atoms with Gasteiger partial charge in [0.1, 0.15) is 5.75 Å². The molecule has 8 heteroatoms. The van der Waals surface area contributed by atoms with Crippen molar-refractivity contribution in [1.82, 2.24) is 9.47 Å². The smallest absolute Gasteiger partial charge is 0.340 e. The number of phenolic OH excluding ortho intramolecular Hbond substituents is 1. The standard InChI is InChI=1S/C29H35BrN2O4S/c1-2-36-29(34)27-25(19-37-16-6-9-20-7-4-3-5-8-20)32(21-10-11-21)24-17-23(30)28(33)22(26(24)27)18-31-12-14-35-15-13-31/h3-5,7-8,17,21,33H,2,6,9-16,18-19H2,1H3.